The van der Waals surface area contributed by atoms with Crippen molar-refractivity contribution in [2.24, 2.45) is 0 Å². The number of fused-ring (bicyclic) bond motifs is 2. The van der Waals surface area contributed by atoms with Gasteiger partial charge in [-0.05, 0) is 56.5 Å². The Morgan fingerprint density at radius 3 is 2.72 bits per heavy atom. The fraction of sp³-hybridized carbons (Fsp3) is 0.320. The lowest BCUT2D eigenvalue weighted by atomic mass is 10.00. The van der Waals surface area contributed by atoms with Gasteiger partial charge in [-0.2, -0.15) is 0 Å². The molecule has 164 valence electrons. The molecule has 2 aliphatic rings. The summed E-state index contributed by atoms with van der Waals surface area (Å²) in [5.74, 6) is 0.354. The molecule has 5 rings (SSSR count). The molecule has 1 aromatic heterocycles. The van der Waals surface area contributed by atoms with E-state index >= 15 is 0 Å². The van der Waals surface area contributed by atoms with Crippen molar-refractivity contribution in [1.29, 1.82) is 0 Å². The van der Waals surface area contributed by atoms with Crippen LogP contribution in [-0.4, -0.2) is 40.9 Å². The van der Waals surface area contributed by atoms with E-state index in [1.165, 1.54) is 11.1 Å². The Morgan fingerprint density at radius 1 is 1.19 bits per heavy atom. The van der Waals surface area contributed by atoms with Crippen molar-refractivity contribution in [3.05, 3.63) is 63.5 Å². The first-order chi connectivity index (χ1) is 15.4. The first kappa shape index (κ1) is 20.7. The summed E-state index contributed by atoms with van der Waals surface area (Å²) >= 11 is 1.64. The molecule has 6 nitrogen and oxygen atoms in total. The maximum absolute atomic E-state index is 13.2. The van der Waals surface area contributed by atoms with E-state index in [1.807, 2.05) is 49.1 Å². The number of nitrogens with zero attached hydrogens (tertiary/aromatic N) is 3. The van der Waals surface area contributed by atoms with Gasteiger partial charge in [-0.25, -0.2) is 4.98 Å². The van der Waals surface area contributed by atoms with Gasteiger partial charge < -0.3 is 9.64 Å². The third kappa shape index (κ3) is 3.66. The number of thiazole rings is 1. The van der Waals surface area contributed by atoms with Gasteiger partial charge in [0, 0.05) is 23.5 Å². The van der Waals surface area contributed by atoms with E-state index in [0.717, 1.165) is 27.6 Å². The molecule has 1 atom stereocenters. The monoisotopic (exact) mass is 447 g/mol. The Balaban J connectivity index is 1.44. The first-order valence-electron chi connectivity index (χ1n) is 10.8. The van der Waals surface area contributed by atoms with Crippen molar-refractivity contribution < 1.29 is 14.3 Å². The second-order valence-corrected chi connectivity index (χ2v) is 9.75. The van der Waals surface area contributed by atoms with Crippen molar-refractivity contribution in [3.8, 4) is 17.0 Å². The normalized spacial score (nSPS) is 17.6. The number of carbonyl (C=O) groups excluding carboxylic acids is 2. The molecule has 1 unspecified atom stereocenters. The van der Waals surface area contributed by atoms with Gasteiger partial charge in [0.15, 0.2) is 6.10 Å². The number of ether oxygens (including phenoxy) is 1. The van der Waals surface area contributed by atoms with Gasteiger partial charge >= 0.3 is 0 Å². The van der Waals surface area contributed by atoms with Crippen LogP contribution in [0.15, 0.2) is 42.5 Å². The Bertz CT molecular complexity index is 1220. The molecular weight excluding hydrogens is 422 g/mol. The highest BCUT2D eigenvalue weighted by Crippen LogP contribution is 2.39. The predicted molar refractivity (Wildman–Crippen MR) is 125 cm³/mol. The van der Waals surface area contributed by atoms with Crippen molar-refractivity contribution in [2.75, 3.05) is 18.0 Å². The lowest BCUT2D eigenvalue weighted by Crippen LogP contribution is -2.50. The molecule has 0 N–H and O–H groups in total. The lowest BCUT2D eigenvalue weighted by molar-refractivity contribution is -0.133. The van der Waals surface area contributed by atoms with Crippen LogP contribution in [0.2, 0.25) is 0 Å². The maximum atomic E-state index is 13.2. The SMILES string of the molecule is Cc1nc(-c2ccc3c(c2)N(CC(=O)N2CCc4ccccc4C2)C(=O)C(C)O3)c(C)s1. The number of amides is 2. The average molecular weight is 448 g/mol. The molecule has 0 aliphatic carbocycles. The van der Waals surface area contributed by atoms with Crippen molar-refractivity contribution in [3.63, 3.8) is 0 Å². The second-order valence-electron chi connectivity index (χ2n) is 8.34. The van der Waals surface area contributed by atoms with Crippen LogP contribution in [0.25, 0.3) is 11.3 Å². The Labute approximate surface area is 191 Å². The van der Waals surface area contributed by atoms with Crippen LogP contribution in [0.3, 0.4) is 0 Å². The van der Waals surface area contributed by atoms with Gasteiger partial charge in [-0.3, -0.25) is 14.5 Å². The average Bonchev–Trinajstić information content (AvgIpc) is 3.14. The topological polar surface area (TPSA) is 62.7 Å². The summed E-state index contributed by atoms with van der Waals surface area (Å²) in [5.41, 5.74) is 4.91. The highest BCUT2D eigenvalue weighted by atomic mass is 32.1. The van der Waals surface area contributed by atoms with E-state index in [2.05, 4.69) is 17.1 Å². The van der Waals surface area contributed by atoms with E-state index in [0.29, 0.717) is 24.5 Å². The molecule has 0 fully saturated rings. The van der Waals surface area contributed by atoms with Gasteiger partial charge in [0.05, 0.1) is 16.4 Å². The molecule has 7 heteroatoms. The number of aryl methyl sites for hydroxylation is 2. The lowest BCUT2D eigenvalue weighted by Gasteiger charge is -2.35. The third-order valence-corrected chi connectivity index (χ3v) is 7.01. The van der Waals surface area contributed by atoms with E-state index in [-0.39, 0.29) is 18.4 Å². The zero-order chi connectivity index (χ0) is 22.4. The number of aromatic nitrogens is 1. The summed E-state index contributed by atoms with van der Waals surface area (Å²) in [5, 5.41) is 0.994. The van der Waals surface area contributed by atoms with E-state index in [1.54, 1.807) is 23.2 Å². The van der Waals surface area contributed by atoms with Crippen LogP contribution in [0.5, 0.6) is 5.75 Å². The van der Waals surface area contributed by atoms with Crippen LogP contribution in [0, 0.1) is 13.8 Å². The zero-order valence-corrected chi connectivity index (χ0v) is 19.2. The maximum Gasteiger partial charge on any atom is 0.268 e. The Kier molecular flexibility index (Phi) is 5.21. The van der Waals surface area contributed by atoms with Crippen LogP contribution in [0.4, 0.5) is 5.69 Å². The van der Waals surface area contributed by atoms with Crippen molar-refractivity contribution >= 4 is 28.8 Å². The summed E-state index contributed by atoms with van der Waals surface area (Å²) in [7, 11) is 0. The number of anilines is 1. The van der Waals surface area contributed by atoms with E-state index in [9.17, 15) is 9.59 Å². The molecule has 2 aliphatic heterocycles. The molecule has 2 amide bonds. The number of benzene rings is 2. The number of hydrogen-bond acceptors (Lipinski definition) is 5. The molecule has 0 radical (unpaired) electrons. The Morgan fingerprint density at radius 2 is 1.97 bits per heavy atom. The van der Waals surface area contributed by atoms with Gasteiger partial charge in [0.2, 0.25) is 5.91 Å². The van der Waals surface area contributed by atoms with Crippen LogP contribution in [0.1, 0.15) is 27.9 Å². The van der Waals surface area contributed by atoms with Gasteiger partial charge in [-0.15, -0.1) is 11.3 Å². The summed E-state index contributed by atoms with van der Waals surface area (Å²) < 4.78 is 5.84. The fourth-order valence-corrected chi connectivity index (χ4v) is 5.30. The summed E-state index contributed by atoms with van der Waals surface area (Å²) in [4.78, 5) is 35.4. The predicted octanol–water partition coefficient (Wildman–Crippen LogP) is 4.13. The highest BCUT2D eigenvalue weighted by Gasteiger charge is 2.34. The minimum Gasteiger partial charge on any atom is -0.479 e. The molecule has 0 saturated heterocycles. The van der Waals surface area contributed by atoms with Crippen LogP contribution >= 0.6 is 11.3 Å². The highest BCUT2D eigenvalue weighted by molar-refractivity contribution is 7.11. The smallest absolute Gasteiger partial charge is 0.268 e. The number of rotatable bonds is 3. The van der Waals surface area contributed by atoms with E-state index < -0.39 is 6.10 Å². The van der Waals surface area contributed by atoms with Crippen molar-refractivity contribution in [2.45, 2.75) is 39.8 Å². The quantitative estimate of drug-likeness (QED) is 0.606. The molecule has 3 aromatic rings. The molecule has 2 aromatic carbocycles. The van der Waals surface area contributed by atoms with Gasteiger partial charge in [-0.1, -0.05) is 24.3 Å². The third-order valence-electron chi connectivity index (χ3n) is 6.12. The minimum atomic E-state index is -0.633. The molecule has 0 bridgehead atoms. The molecule has 0 spiro atoms. The largest absolute Gasteiger partial charge is 0.479 e. The minimum absolute atomic E-state index is 0.000227. The standard InChI is InChI=1S/C25H25N3O3S/c1-15-25(30)28(14-23(29)27-11-10-18-6-4-5-7-20(18)13-27)21-12-19(8-9-22(21)31-15)24-16(2)32-17(3)26-24/h4-9,12,15H,10-11,13-14H2,1-3H3. The molecule has 32 heavy (non-hydrogen) atoms. The number of hydrogen-bond donors (Lipinski definition) is 0. The van der Waals surface area contributed by atoms with Crippen LogP contribution < -0.4 is 9.64 Å². The van der Waals surface area contributed by atoms with Crippen LogP contribution in [-0.2, 0) is 22.6 Å². The summed E-state index contributed by atoms with van der Waals surface area (Å²) in [6.45, 7) is 6.98. The number of carbonyl (C=O) groups is 2. The zero-order valence-electron chi connectivity index (χ0n) is 18.4. The molecule has 3 heterocycles. The molecular formula is C25H25N3O3S. The van der Waals surface area contributed by atoms with Gasteiger partial charge in [0.1, 0.15) is 12.3 Å². The summed E-state index contributed by atoms with van der Waals surface area (Å²) in [6.07, 6.45) is 0.199. The molecule has 0 saturated carbocycles. The van der Waals surface area contributed by atoms with Crippen molar-refractivity contribution in [1.82, 2.24) is 9.88 Å². The van der Waals surface area contributed by atoms with Gasteiger partial charge in [0.25, 0.3) is 5.91 Å². The second kappa shape index (κ2) is 8.06. The van der Waals surface area contributed by atoms with E-state index in [4.69, 9.17) is 4.74 Å². The first-order valence-corrected chi connectivity index (χ1v) is 11.6. The fourth-order valence-electron chi connectivity index (χ4n) is 4.46. The Hall–Kier alpha value is -3.19. The summed E-state index contributed by atoms with van der Waals surface area (Å²) in [6, 6.07) is 14.0.